The number of rotatable bonds is 3. The van der Waals surface area contributed by atoms with Crippen LogP contribution in [0.15, 0.2) is 42.6 Å². The van der Waals surface area contributed by atoms with Crippen LogP contribution in [-0.4, -0.2) is 10.1 Å². The highest BCUT2D eigenvalue weighted by Crippen LogP contribution is 2.25. The Morgan fingerprint density at radius 1 is 1.15 bits per heavy atom. The molecule has 1 heterocycles. The molecular weight excluding hydrogens is 248 g/mol. The lowest BCUT2D eigenvalue weighted by molar-refractivity contribution is 0.208. The van der Waals surface area contributed by atoms with E-state index in [1.54, 1.807) is 6.20 Å². The minimum absolute atomic E-state index is 0.0724. The van der Waals surface area contributed by atoms with Crippen LogP contribution in [0.1, 0.15) is 43.8 Å². The molecule has 3 nitrogen and oxygen atoms in total. The van der Waals surface area contributed by atoms with Crippen molar-refractivity contribution >= 4 is 5.69 Å². The second-order valence-electron chi connectivity index (χ2n) is 6.11. The van der Waals surface area contributed by atoms with Gasteiger partial charge in [-0.25, -0.2) is 0 Å². The van der Waals surface area contributed by atoms with Crippen molar-refractivity contribution < 1.29 is 5.11 Å². The van der Waals surface area contributed by atoms with Gasteiger partial charge in [0.05, 0.1) is 0 Å². The predicted octanol–water partition coefficient (Wildman–Crippen LogP) is 3.79. The molecule has 20 heavy (non-hydrogen) atoms. The SMILES string of the molecule is Cc1cc(NC(O)c2cccc(C(C)(C)C)c2)ccn1. The summed E-state index contributed by atoms with van der Waals surface area (Å²) in [5, 5.41) is 13.4. The second kappa shape index (κ2) is 5.63. The lowest BCUT2D eigenvalue weighted by Gasteiger charge is -2.21. The highest BCUT2D eigenvalue weighted by atomic mass is 16.3. The van der Waals surface area contributed by atoms with Crippen LogP contribution in [0.25, 0.3) is 0 Å². The zero-order valence-electron chi connectivity index (χ0n) is 12.5. The number of benzene rings is 1. The van der Waals surface area contributed by atoms with Gasteiger partial charge in [0.2, 0.25) is 0 Å². The third kappa shape index (κ3) is 3.58. The molecule has 0 amide bonds. The van der Waals surface area contributed by atoms with E-state index >= 15 is 0 Å². The molecule has 2 rings (SSSR count). The molecule has 0 spiro atoms. The van der Waals surface area contributed by atoms with Gasteiger partial charge < -0.3 is 10.4 Å². The van der Waals surface area contributed by atoms with Gasteiger partial charge in [-0.05, 0) is 30.0 Å². The van der Waals surface area contributed by atoms with E-state index in [0.717, 1.165) is 16.9 Å². The van der Waals surface area contributed by atoms with Gasteiger partial charge in [0.1, 0.15) is 0 Å². The maximum absolute atomic E-state index is 10.3. The molecule has 0 aliphatic carbocycles. The minimum Gasteiger partial charge on any atom is -0.369 e. The molecule has 1 aromatic heterocycles. The van der Waals surface area contributed by atoms with Crippen molar-refractivity contribution in [3.8, 4) is 0 Å². The first-order valence-corrected chi connectivity index (χ1v) is 6.84. The van der Waals surface area contributed by atoms with Crippen molar-refractivity contribution in [3.63, 3.8) is 0 Å². The van der Waals surface area contributed by atoms with Crippen LogP contribution < -0.4 is 5.32 Å². The van der Waals surface area contributed by atoms with Crippen LogP contribution in [0.4, 0.5) is 5.69 Å². The molecule has 2 aromatic rings. The molecule has 0 aliphatic rings. The number of nitrogens with zero attached hydrogens (tertiary/aromatic N) is 1. The lowest BCUT2D eigenvalue weighted by atomic mass is 9.86. The van der Waals surface area contributed by atoms with Gasteiger partial charge in [-0.15, -0.1) is 0 Å². The van der Waals surface area contributed by atoms with Crippen LogP contribution >= 0.6 is 0 Å². The fourth-order valence-corrected chi connectivity index (χ4v) is 2.05. The molecule has 0 saturated carbocycles. The summed E-state index contributed by atoms with van der Waals surface area (Å²) in [6, 6.07) is 11.8. The van der Waals surface area contributed by atoms with Crippen molar-refractivity contribution in [1.82, 2.24) is 4.98 Å². The first kappa shape index (κ1) is 14.5. The molecule has 0 aliphatic heterocycles. The smallest absolute Gasteiger partial charge is 0.150 e. The number of aryl methyl sites for hydroxylation is 1. The summed E-state index contributed by atoms with van der Waals surface area (Å²) in [5.74, 6) is 0. The first-order valence-electron chi connectivity index (χ1n) is 6.84. The Labute approximate surface area is 120 Å². The molecule has 3 heteroatoms. The fourth-order valence-electron chi connectivity index (χ4n) is 2.05. The van der Waals surface area contributed by atoms with Crippen molar-refractivity contribution in [2.45, 2.75) is 39.3 Å². The summed E-state index contributed by atoms with van der Waals surface area (Å²) in [5.41, 5.74) is 3.94. The number of hydrogen-bond donors (Lipinski definition) is 2. The lowest BCUT2D eigenvalue weighted by Crippen LogP contribution is -2.14. The Morgan fingerprint density at radius 3 is 2.55 bits per heavy atom. The average molecular weight is 270 g/mol. The standard InChI is InChI=1S/C17H22N2O/c1-12-10-15(8-9-18-12)19-16(20)13-6-5-7-14(11-13)17(2,3)4/h5-11,16,20H,1-4H3,(H,18,19). The number of aromatic nitrogens is 1. The number of aliphatic hydroxyl groups excluding tert-OH is 1. The van der Waals surface area contributed by atoms with Crippen LogP contribution in [0.5, 0.6) is 0 Å². The summed E-state index contributed by atoms with van der Waals surface area (Å²) < 4.78 is 0. The van der Waals surface area contributed by atoms with E-state index < -0.39 is 6.23 Å². The van der Waals surface area contributed by atoms with Gasteiger partial charge in [0.25, 0.3) is 0 Å². The molecule has 0 saturated heterocycles. The summed E-state index contributed by atoms with van der Waals surface area (Å²) in [7, 11) is 0. The Balaban J connectivity index is 2.19. The van der Waals surface area contributed by atoms with E-state index in [2.05, 4.69) is 37.1 Å². The van der Waals surface area contributed by atoms with Crippen LogP contribution in [0, 0.1) is 6.92 Å². The van der Waals surface area contributed by atoms with E-state index in [4.69, 9.17) is 0 Å². The summed E-state index contributed by atoms with van der Waals surface area (Å²) in [4.78, 5) is 4.14. The Morgan fingerprint density at radius 2 is 1.90 bits per heavy atom. The Hall–Kier alpha value is -1.87. The molecule has 106 valence electrons. The third-order valence-corrected chi connectivity index (χ3v) is 3.27. The summed E-state index contributed by atoms with van der Waals surface area (Å²) >= 11 is 0. The van der Waals surface area contributed by atoms with Gasteiger partial charge in [-0.2, -0.15) is 0 Å². The number of pyridine rings is 1. The normalized spacial score (nSPS) is 13.1. The Kier molecular flexibility index (Phi) is 4.09. The molecule has 2 N–H and O–H groups in total. The Bertz CT molecular complexity index is 588. The van der Waals surface area contributed by atoms with Crippen LogP contribution in [-0.2, 0) is 5.41 Å². The quantitative estimate of drug-likeness (QED) is 0.834. The van der Waals surface area contributed by atoms with E-state index in [1.807, 2.05) is 37.3 Å². The summed E-state index contributed by atoms with van der Waals surface area (Å²) in [6.45, 7) is 8.42. The zero-order chi connectivity index (χ0) is 14.8. The molecule has 0 fully saturated rings. The second-order valence-corrected chi connectivity index (χ2v) is 6.11. The highest BCUT2D eigenvalue weighted by Gasteiger charge is 2.15. The molecule has 1 aromatic carbocycles. The topological polar surface area (TPSA) is 45.1 Å². The molecule has 1 atom stereocenters. The van der Waals surface area contributed by atoms with Crippen LogP contribution in [0.3, 0.4) is 0 Å². The van der Waals surface area contributed by atoms with E-state index in [1.165, 1.54) is 5.56 Å². The average Bonchev–Trinajstić information content (AvgIpc) is 2.38. The highest BCUT2D eigenvalue weighted by molar-refractivity contribution is 5.45. The maximum Gasteiger partial charge on any atom is 0.150 e. The van der Waals surface area contributed by atoms with E-state index in [0.29, 0.717) is 0 Å². The number of anilines is 1. The number of nitrogens with one attached hydrogen (secondary N) is 1. The van der Waals surface area contributed by atoms with Gasteiger partial charge in [0, 0.05) is 23.1 Å². The first-order chi connectivity index (χ1) is 9.36. The molecule has 0 bridgehead atoms. The maximum atomic E-state index is 10.3. The number of aliphatic hydroxyl groups is 1. The van der Waals surface area contributed by atoms with Crippen LogP contribution in [0.2, 0.25) is 0 Å². The fraction of sp³-hybridized carbons (Fsp3) is 0.353. The monoisotopic (exact) mass is 270 g/mol. The zero-order valence-corrected chi connectivity index (χ0v) is 12.5. The summed E-state index contributed by atoms with van der Waals surface area (Å²) in [6.07, 6.45) is 1.01. The van der Waals surface area contributed by atoms with E-state index in [-0.39, 0.29) is 5.41 Å². The molecule has 0 radical (unpaired) electrons. The van der Waals surface area contributed by atoms with Crippen molar-refractivity contribution in [3.05, 3.63) is 59.4 Å². The molecular formula is C17H22N2O. The van der Waals surface area contributed by atoms with Gasteiger partial charge in [-0.3, -0.25) is 4.98 Å². The van der Waals surface area contributed by atoms with Gasteiger partial charge in [0.15, 0.2) is 6.23 Å². The molecule has 1 unspecified atom stereocenters. The van der Waals surface area contributed by atoms with Crippen molar-refractivity contribution in [2.24, 2.45) is 0 Å². The van der Waals surface area contributed by atoms with E-state index in [9.17, 15) is 5.11 Å². The number of hydrogen-bond acceptors (Lipinski definition) is 3. The van der Waals surface area contributed by atoms with Crippen molar-refractivity contribution in [2.75, 3.05) is 5.32 Å². The van der Waals surface area contributed by atoms with Gasteiger partial charge >= 0.3 is 0 Å². The third-order valence-electron chi connectivity index (χ3n) is 3.27. The minimum atomic E-state index is -0.723. The van der Waals surface area contributed by atoms with Gasteiger partial charge in [-0.1, -0.05) is 45.0 Å². The van der Waals surface area contributed by atoms with Crippen molar-refractivity contribution in [1.29, 1.82) is 0 Å². The predicted molar refractivity (Wildman–Crippen MR) is 82.7 cm³/mol. The largest absolute Gasteiger partial charge is 0.369 e.